The van der Waals surface area contributed by atoms with Crippen LogP contribution in [-0.2, 0) is 4.79 Å². The highest BCUT2D eigenvalue weighted by Crippen LogP contribution is 2.32. The van der Waals surface area contributed by atoms with Crippen molar-refractivity contribution in [2.24, 2.45) is 0 Å². The van der Waals surface area contributed by atoms with Gasteiger partial charge in [0.15, 0.2) is 11.5 Å². The van der Waals surface area contributed by atoms with Crippen LogP contribution < -0.4 is 20.1 Å². The van der Waals surface area contributed by atoms with Gasteiger partial charge in [-0.3, -0.25) is 14.9 Å². The predicted octanol–water partition coefficient (Wildman–Crippen LogP) is 2.81. The van der Waals surface area contributed by atoms with Crippen molar-refractivity contribution < 1.29 is 19.2 Å². The number of hydrogen-bond acceptors (Lipinski definition) is 6. The maximum atomic E-state index is 12.3. The number of hydrogen-bond donors (Lipinski definition) is 2. The minimum Gasteiger partial charge on any atom is -0.486 e. The molecule has 2 aromatic rings. The van der Waals surface area contributed by atoms with Crippen molar-refractivity contribution in [2.45, 2.75) is 13.0 Å². The summed E-state index contributed by atoms with van der Waals surface area (Å²) in [6.07, 6.45) is 0. The van der Waals surface area contributed by atoms with Gasteiger partial charge in [-0.05, 0) is 25.1 Å². The molecule has 2 aromatic carbocycles. The fourth-order valence-corrected chi connectivity index (χ4v) is 2.40. The van der Waals surface area contributed by atoms with E-state index in [2.05, 4.69) is 10.6 Å². The van der Waals surface area contributed by atoms with E-state index < -0.39 is 11.0 Å². The summed E-state index contributed by atoms with van der Waals surface area (Å²) in [5, 5.41) is 16.5. The van der Waals surface area contributed by atoms with Crippen LogP contribution in [0.25, 0.3) is 0 Å². The lowest BCUT2D eigenvalue weighted by atomic mass is 10.2. The molecular formula is C17H17N3O5. The molecule has 0 fully saturated rings. The Bertz CT molecular complexity index is 809. The molecule has 2 N–H and O–H groups in total. The van der Waals surface area contributed by atoms with Gasteiger partial charge in [0.05, 0.1) is 4.92 Å². The van der Waals surface area contributed by atoms with Crippen LogP contribution in [0.5, 0.6) is 11.5 Å². The number of nitro benzene ring substituents is 1. The Morgan fingerprint density at radius 3 is 2.64 bits per heavy atom. The minimum atomic E-state index is -0.554. The molecule has 1 unspecified atom stereocenters. The molecule has 0 radical (unpaired) electrons. The van der Waals surface area contributed by atoms with Crippen molar-refractivity contribution in [1.82, 2.24) is 0 Å². The highest BCUT2D eigenvalue weighted by molar-refractivity contribution is 5.96. The maximum absolute atomic E-state index is 12.3. The third kappa shape index (κ3) is 3.97. The maximum Gasteiger partial charge on any atom is 0.271 e. The first-order chi connectivity index (χ1) is 12.0. The molecule has 0 bridgehead atoms. The molecule has 25 heavy (non-hydrogen) atoms. The van der Waals surface area contributed by atoms with Gasteiger partial charge >= 0.3 is 0 Å². The summed E-state index contributed by atoms with van der Waals surface area (Å²) in [6.45, 7) is 2.70. The molecule has 1 atom stereocenters. The summed E-state index contributed by atoms with van der Waals surface area (Å²) < 4.78 is 11.0. The SMILES string of the molecule is CC(Nc1ccc2c(c1)OCCO2)C(=O)Nc1cccc([N+](=O)[O-])c1. The summed E-state index contributed by atoms with van der Waals surface area (Å²) in [7, 11) is 0. The summed E-state index contributed by atoms with van der Waals surface area (Å²) in [6, 6.07) is 10.6. The van der Waals surface area contributed by atoms with E-state index in [-0.39, 0.29) is 11.6 Å². The fraction of sp³-hybridized carbons (Fsp3) is 0.235. The van der Waals surface area contributed by atoms with Crippen LogP contribution >= 0.6 is 0 Å². The van der Waals surface area contributed by atoms with Gasteiger partial charge in [0.25, 0.3) is 5.69 Å². The van der Waals surface area contributed by atoms with Crippen molar-refractivity contribution in [3.8, 4) is 11.5 Å². The second-order valence-corrected chi connectivity index (χ2v) is 5.52. The zero-order chi connectivity index (χ0) is 17.8. The smallest absolute Gasteiger partial charge is 0.271 e. The second kappa shape index (κ2) is 7.08. The first kappa shape index (κ1) is 16.6. The van der Waals surface area contributed by atoms with E-state index >= 15 is 0 Å². The quantitative estimate of drug-likeness (QED) is 0.639. The number of nitrogens with one attached hydrogen (secondary N) is 2. The van der Waals surface area contributed by atoms with Crippen LogP contribution in [0.3, 0.4) is 0 Å². The van der Waals surface area contributed by atoms with Crippen LogP contribution in [0.15, 0.2) is 42.5 Å². The average Bonchev–Trinajstić information content (AvgIpc) is 2.61. The zero-order valence-electron chi connectivity index (χ0n) is 13.5. The number of carbonyl (C=O) groups excluding carboxylic acids is 1. The Hall–Kier alpha value is -3.29. The van der Waals surface area contributed by atoms with Crippen molar-refractivity contribution in [2.75, 3.05) is 23.8 Å². The topological polar surface area (TPSA) is 103 Å². The van der Waals surface area contributed by atoms with Crippen molar-refractivity contribution in [3.05, 3.63) is 52.6 Å². The number of rotatable bonds is 5. The molecule has 8 nitrogen and oxygen atoms in total. The molecule has 0 saturated carbocycles. The second-order valence-electron chi connectivity index (χ2n) is 5.52. The fourth-order valence-electron chi connectivity index (χ4n) is 2.40. The van der Waals surface area contributed by atoms with Gasteiger partial charge in [0.1, 0.15) is 19.3 Å². The molecule has 0 aromatic heterocycles. The molecule has 0 aliphatic carbocycles. The largest absolute Gasteiger partial charge is 0.486 e. The Kier molecular flexibility index (Phi) is 4.69. The van der Waals surface area contributed by atoms with Crippen molar-refractivity contribution in [3.63, 3.8) is 0 Å². The molecule has 3 rings (SSSR count). The molecule has 1 amide bonds. The predicted molar refractivity (Wildman–Crippen MR) is 92.2 cm³/mol. The Morgan fingerprint density at radius 1 is 1.12 bits per heavy atom. The Balaban J connectivity index is 1.64. The average molecular weight is 343 g/mol. The molecule has 0 spiro atoms. The van der Waals surface area contributed by atoms with Gasteiger partial charge < -0.3 is 20.1 Å². The van der Waals surface area contributed by atoms with E-state index in [1.54, 1.807) is 31.2 Å². The highest BCUT2D eigenvalue weighted by Gasteiger charge is 2.17. The first-order valence-electron chi connectivity index (χ1n) is 7.74. The van der Waals surface area contributed by atoms with Crippen molar-refractivity contribution >= 4 is 23.0 Å². The summed E-state index contributed by atoms with van der Waals surface area (Å²) in [5.74, 6) is 0.989. The monoisotopic (exact) mass is 343 g/mol. The number of anilines is 2. The normalized spacial score (nSPS) is 13.6. The number of non-ortho nitro benzene ring substituents is 1. The van der Waals surface area contributed by atoms with E-state index in [9.17, 15) is 14.9 Å². The zero-order valence-corrected chi connectivity index (χ0v) is 13.5. The standard InChI is InChI=1S/C17H17N3O5/c1-11(17(21)19-12-3-2-4-14(9-12)20(22)23)18-13-5-6-15-16(10-13)25-8-7-24-15/h2-6,9-11,18H,7-8H2,1H3,(H,19,21). The van der Waals surface area contributed by atoms with Crippen LogP contribution in [0.2, 0.25) is 0 Å². The minimum absolute atomic E-state index is 0.0785. The van der Waals surface area contributed by atoms with Gasteiger partial charge in [0.2, 0.25) is 5.91 Å². The summed E-state index contributed by atoms with van der Waals surface area (Å²) >= 11 is 0. The first-order valence-corrected chi connectivity index (χ1v) is 7.74. The lowest BCUT2D eigenvalue weighted by molar-refractivity contribution is -0.384. The van der Waals surface area contributed by atoms with E-state index in [0.717, 1.165) is 0 Å². The third-order valence-electron chi connectivity index (χ3n) is 3.64. The Morgan fingerprint density at radius 2 is 1.88 bits per heavy atom. The van der Waals surface area contributed by atoms with Crippen LogP contribution in [0.1, 0.15) is 6.92 Å². The van der Waals surface area contributed by atoms with Gasteiger partial charge in [-0.2, -0.15) is 0 Å². The summed E-state index contributed by atoms with van der Waals surface area (Å²) in [4.78, 5) is 22.6. The molecule has 1 heterocycles. The lowest BCUT2D eigenvalue weighted by Crippen LogP contribution is -2.31. The molecule has 8 heteroatoms. The van der Waals surface area contributed by atoms with E-state index in [0.29, 0.717) is 36.1 Å². The molecule has 1 aliphatic heterocycles. The molecule has 0 saturated heterocycles. The number of nitro groups is 1. The number of nitrogens with zero attached hydrogens (tertiary/aromatic N) is 1. The number of fused-ring (bicyclic) bond motifs is 1. The van der Waals surface area contributed by atoms with Gasteiger partial charge in [-0.25, -0.2) is 0 Å². The number of ether oxygens (including phenoxy) is 2. The van der Waals surface area contributed by atoms with E-state index in [4.69, 9.17) is 9.47 Å². The number of carbonyl (C=O) groups is 1. The van der Waals surface area contributed by atoms with E-state index in [1.807, 2.05) is 0 Å². The third-order valence-corrected chi connectivity index (χ3v) is 3.64. The Labute approximate surface area is 143 Å². The lowest BCUT2D eigenvalue weighted by Gasteiger charge is -2.20. The molecular weight excluding hydrogens is 326 g/mol. The van der Waals surface area contributed by atoms with Crippen LogP contribution in [0.4, 0.5) is 17.1 Å². The van der Waals surface area contributed by atoms with Gasteiger partial charge in [0, 0.05) is 29.6 Å². The number of benzene rings is 2. The van der Waals surface area contributed by atoms with Crippen LogP contribution in [0, 0.1) is 10.1 Å². The van der Waals surface area contributed by atoms with Crippen molar-refractivity contribution in [1.29, 1.82) is 0 Å². The van der Waals surface area contributed by atoms with Crippen LogP contribution in [-0.4, -0.2) is 30.1 Å². The van der Waals surface area contributed by atoms with Gasteiger partial charge in [-0.15, -0.1) is 0 Å². The number of amides is 1. The highest BCUT2D eigenvalue weighted by atomic mass is 16.6. The van der Waals surface area contributed by atoms with E-state index in [1.165, 1.54) is 18.2 Å². The van der Waals surface area contributed by atoms with Gasteiger partial charge in [-0.1, -0.05) is 6.07 Å². The summed E-state index contributed by atoms with van der Waals surface area (Å²) in [5.41, 5.74) is 1.01. The molecule has 1 aliphatic rings. The molecule has 130 valence electrons.